The number of rotatable bonds is 1. The Morgan fingerprint density at radius 3 is 2.93 bits per heavy atom. The van der Waals surface area contributed by atoms with Crippen LogP contribution in [0, 0.1) is 0 Å². The van der Waals surface area contributed by atoms with E-state index in [0.29, 0.717) is 19.0 Å². The average molecular weight is 272 g/mol. The van der Waals surface area contributed by atoms with Gasteiger partial charge in [-0.2, -0.15) is 0 Å². The Hall–Kier alpha value is -0.410. The largest absolute Gasteiger partial charge is 0.307 e. The smallest absolute Gasteiger partial charge is 0.120 e. The third-order valence-corrected chi connectivity index (χ3v) is 3.42. The van der Waals surface area contributed by atoms with Gasteiger partial charge in [0.1, 0.15) is 5.67 Å². The summed E-state index contributed by atoms with van der Waals surface area (Å²) in [6.45, 7) is 2.11. The van der Waals surface area contributed by atoms with E-state index in [4.69, 9.17) is 0 Å². The third kappa shape index (κ3) is 2.79. The molecule has 0 aromatic heterocycles. The monoisotopic (exact) mass is 271 g/mol. The summed E-state index contributed by atoms with van der Waals surface area (Å²) in [7, 11) is 0. The number of halogens is 2. The summed E-state index contributed by atoms with van der Waals surface area (Å²) in [4.78, 5) is 0. The Balaban J connectivity index is 2.08. The maximum absolute atomic E-state index is 13.6. The molecular formula is C12H15BrFN. The number of alkyl halides is 1. The molecule has 0 radical (unpaired) electrons. The first kappa shape index (κ1) is 11.1. The molecule has 0 spiro atoms. The highest BCUT2D eigenvalue weighted by molar-refractivity contribution is 9.10. The van der Waals surface area contributed by atoms with Gasteiger partial charge >= 0.3 is 0 Å². The van der Waals surface area contributed by atoms with Crippen molar-refractivity contribution in [3.05, 3.63) is 34.3 Å². The van der Waals surface area contributed by atoms with Crippen LogP contribution in [0.3, 0.4) is 0 Å². The van der Waals surface area contributed by atoms with E-state index in [1.165, 1.54) is 5.56 Å². The van der Waals surface area contributed by atoms with Crippen LogP contribution >= 0.6 is 15.9 Å². The summed E-state index contributed by atoms with van der Waals surface area (Å²) >= 11 is 3.45. The van der Waals surface area contributed by atoms with Crippen LogP contribution in [0.1, 0.15) is 31.4 Å². The van der Waals surface area contributed by atoms with Gasteiger partial charge in [-0.05, 0) is 37.5 Å². The van der Waals surface area contributed by atoms with E-state index >= 15 is 0 Å². The minimum Gasteiger partial charge on any atom is -0.307 e. The SMILES string of the molecule is CC1(F)CCC(c2cccc(Br)c2)NC1. The molecule has 0 saturated carbocycles. The van der Waals surface area contributed by atoms with Crippen molar-refractivity contribution in [1.82, 2.24) is 5.32 Å². The molecule has 1 saturated heterocycles. The van der Waals surface area contributed by atoms with Crippen molar-refractivity contribution in [2.45, 2.75) is 31.5 Å². The topological polar surface area (TPSA) is 12.0 Å². The summed E-state index contributed by atoms with van der Waals surface area (Å²) in [6.07, 6.45) is 1.50. The zero-order valence-electron chi connectivity index (χ0n) is 8.76. The first-order valence-electron chi connectivity index (χ1n) is 5.25. The first-order valence-corrected chi connectivity index (χ1v) is 6.04. The van der Waals surface area contributed by atoms with Gasteiger partial charge in [-0.25, -0.2) is 4.39 Å². The van der Waals surface area contributed by atoms with Crippen molar-refractivity contribution < 1.29 is 4.39 Å². The van der Waals surface area contributed by atoms with Crippen LogP contribution < -0.4 is 5.32 Å². The zero-order valence-corrected chi connectivity index (χ0v) is 10.3. The average Bonchev–Trinajstić information content (AvgIpc) is 2.17. The van der Waals surface area contributed by atoms with Crippen LogP contribution in [-0.2, 0) is 0 Å². The van der Waals surface area contributed by atoms with Crippen LogP contribution in [-0.4, -0.2) is 12.2 Å². The molecule has 3 heteroatoms. The number of hydrogen-bond acceptors (Lipinski definition) is 1. The van der Waals surface area contributed by atoms with Gasteiger partial charge in [0.2, 0.25) is 0 Å². The molecule has 1 fully saturated rings. The maximum atomic E-state index is 13.6. The number of piperidine rings is 1. The molecule has 1 aliphatic heterocycles. The molecular weight excluding hydrogens is 257 g/mol. The normalized spacial score (nSPS) is 31.5. The molecule has 1 aromatic rings. The molecule has 2 rings (SSSR count). The van der Waals surface area contributed by atoms with E-state index in [0.717, 1.165) is 10.9 Å². The second kappa shape index (κ2) is 4.22. The predicted octanol–water partition coefficient (Wildman–Crippen LogP) is 3.60. The minimum atomic E-state index is -1.04. The predicted molar refractivity (Wildman–Crippen MR) is 63.6 cm³/mol. The van der Waals surface area contributed by atoms with Crippen molar-refractivity contribution in [3.8, 4) is 0 Å². The van der Waals surface area contributed by atoms with Gasteiger partial charge in [0, 0.05) is 17.1 Å². The number of nitrogens with one attached hydrogen (secondary N) is 1. The van der Waals surface area contributed by atoms with E-state index < -0.39 is 5.67 Å². The van der Waals surface area contributed by atoms with E-state index in [1.807, 2.05) is 12.1 Å². The van der Waals surface area contributed by atoms with Gasteiger partial charge in [-0.1, -0.05) is 28.1 Å². The molecule has 1 aliphatic rings. The zero-order chi connectivity index (χ0) is 10.9. The van der Waals surface area contributed by atoms with Crippen molar-refractivity contribution >= 4 is 15.9 Å². The Bertz CT molecular complexity index is 341. The molecule has 0 aliphatic carbocycles. The lowest BCUT2D eigenvalue weighted by Gasteiger charge is -2.32. The molecule has 82 valence electrons. The second-order valence-electron chi connectivity index (χ2n) is 4.44. The standard InChI is InChI=1S/C12H15BrFN/c1-12(14)6-5-11(15-8-12)9-3-2-4-10(13)7-9/h2-4,7,11,15H,5-6,8H2,1H3. The number of benzene rings is 1. The molecule has 1 heterocycles. The maximum Gasteiger partial charge on any atom is 0.120 e. The molecule has 1 N–H and O–H groups in total. The van der Waals surface area contributed by atoms with E-state index in [2.05, 4.69) is 33.4 Å². The number of hydrogen-bond donors (Lipinski definition) is 1. The van der Waals surface area contributed by atoms with Gasteiger partial charge in [0.15, 0.2) is 0 Å². The Morgan fingerprint density at radius 2 is 2.33 bits per heavy atom. The van der Waals surface area contributed by atoms with Crippen LogP contribution in [0.25, 0.3) is 0 Å². The van der Waals surface area contributed by atoms with Crippen molar-refractivity contribution in [2.75, 3.05) is 6.54 Å². The summed E-state index contributed by atoms with van der Waals surface area (Å²) in [5.41, 5.74) is 0.197. The van der Waals surface area contributed by atoms with Crippen LogP contribution in [0.5, 0.6) is 0 Å². The quantitative estimate of drug-likeness (QED) is 0.823. The molecule has 1 nitrogen and oxygen atoms in total. The minimum absolute atomic E-state index is 0.298. The molecule has 2 unspecified atom stereocenters. The van der Waals surface area contributed by atoms with Gasteiger partial charge < -0.3 is 5.32 Å². The van der Waals surface area contributed by atoms with Gasteiger partial charge in [0.25, 0.3) is 0 Å². The van der Waals surface area contributed by atoms with Gasteiger partial charge in [-0.3, -0.25) is 0 Å². The molecule has 2 atom stereocenters. The fraction of sp³-hybridized carbons (Fsp3) is 0.500. The second-order valence-corrected chi connectivity index (χ2v) is 5.36. The molecule has 0 amide bonds. The van der Waals surface area contributed by atoms with E-state index in [1.54, 1.807) is 6.92 Å². The van der Waals surface area contributed by atoms with Gasteiger partial charge in [0.05, 0.1) is 0 Å². The summed E-state index contributed by atoms with van der Waals surface area (Å²) in [6, 6.07) is 8.50. The fourth-order valence-electron chi connectivity index (χ4n) is 1.98. The highest BCUT2D eigenvalue weighted by Crippen LogP contribution is 2.30. The highest BCUT2D eigenvalue weighted by atomic mass is 79.9. The lowest BCUT2D eigenvalue weighted by molar-refractivity contribution is 0.125. The van der Waals surface area contributed by atoms with Crippen molar-refractivity contribution in [2.24, 2.45) is 0 Å². The third-order valence-electron chi connectivity index (χ3n) is 2.92. The Morgan fingerprint density at radius 1 is 1.53 bits per heavy atom. The van der Waals surface area contributed by atoms with Crippen LogP contribution in [0.2, 0.25) is 0 Å². The lowest BCUT2D eigenvalue weighted by atomic mass is 9.90. The Labute approximate surface area is 98.2 Å². The van der Waals surface area contributed by atoms with E-state index in [-0.39, 0.29) is 0 Å². The molecule has 15 heavy (non-hydrogen) atoms. The van der Waals surface area contributed by atoms with Crippen LogP contribution in [0.15, 0.2) is 28.7 Å². The summed E-state index contributed by atoms with van der Waals surface area (Å²) < 4.78 is 14.6. The highest BCUT2D eigenvalue weighted by Gasteiger charge is 2.30. The summed E-state index contributed by atoms with van der Waals surface area (Å²) in [5.74, 6) is 0. The van der Waals surface area contributed by atoms with E-state index in [9.17, 15) is 4.39 Å². The summed E-state index contributed by atoms with van der Waals surface area (Å²) in [5, 5.41) is 3.26. The first-order chi connectivity index (χ1) is 7.07. The fourth-order valence-corrected chi connectivity index (χ4v) is 2.40. The van der Waals surface area contributed by atoms with Crippen molar-refractivity contribution in [3.63, 3.8) is 0 Å². The lowest BCUT2D eigenvalue weighted by Crippen LogP contribution is -2.41. The Kier molecular flexibility index (Phi) is 3.12. The van der Waals surface area contributed by atoms with Crippen molar-refractivity contribution in [1.29, 1.82) is 0 Å². The molecule has 1 aromatic carbocycles. The molecule has 0 bridgehead atoms. The van der Waals surface area contributed by atoms with Gasteiger partial charge in [-0.15, -0.1) is 0 Å². The van der Waals surface area contributed by atoms with Crippen LogP contribution in [0.4, 0.5) is 4.39 Å².